The third kappa shape index (κ3) is 2.59. The molecule has 2 aliphatic rings. The van der Waals surface area contributed by atoms with E-state index < -0.39 is 5.97 Å². The van der Waals surface area contributed by atoms with Crippen molar-refractivity contribution in [1.82, 2.24) is 20.3 Å². The van der Waals surface area contributed by atoms with E-state index in [1.807, 2.05) is 0 Å². The molecule has 0 atom stereocenters. The molecule has 2 fully saturated rings. The van der Waals surface area contributed by atoms with Crippen LogP contribution in [0, 0.1) is 11.3 Å². The molecule has 0 aliphatic heterocycles. The van der Waals surface area contributed by atoms with Crippen LogP contribution >= 0.6 is 0 Å². The minimum absolute atomic E-state index is 0.174. The highest BCUT2D eigenvalue weighted by Gasteiger charge is 2.53. The van der Waals surface area contributed by atoms with Crippen molar-refractivity contribution in [1.29, 1.82) is 0 Å². The Morgan fingerprint density at radius 1 is 1.47 bits per heavy atom. The highest BCUT2D eigenvalue weighted by atomic mass is 16.4. The Bertz CT molecular complexity index is 517. The lowest BCUT2D eigenvalue weighted by atomic mass is 10.0. The van der Waals surface area contributed by atoms with Crippen molar-refractivity contribution in [3.63, 3.8) is 0 Å². The summed E-state index contributed by atoms with van der Waals surface area (Å²) in [4.78, 5) is 22.4. The van der Waals surface area contributed by atoms with Gasteiger partial charge in [-0.2, -0.15) is 0 Å². The first-order valence-electron chi connectivity index (χ1n) is 6.49. The Hall–Kier alpha value is -1.92. The van der Waals surface area contributed by atoms with Crippen molar-refractivity contribution < 1.29 is 14.7 Å². The molecule has 2 N–H and O–H groups in total. The van der Waals surface area contributed by atoms with Gasteiger partial charge in [0.05, 0.1) is 6.20 Å². The molecule has 0 saturated heterocycles. The lowest BCUT2D eigenvalue weighted by Gasteiger charge is -2.13. The second-order valence-electron chi connectivity index (χ2n) is 5.51. The number of carboxylic acid groups (broad SMARTS) is 1. The third-order valence-corrected chi connectivity index (χ3v) is 4.01. The van der Waals surface area contributed by atoms with Gasteiger partial charge in [-0.25, -0.2) is 4.68 Å². The zero-order valence-corrected chi connectivity index (χ0v) is 10.5. The number of aromatic nitrogens is 3. The van der Waals surface area contributed by atoms with E-state index in [1.165, 1.54) is 31.9 Å². The fraction of sp³-hybridized carbons (Fsp3) is 0.667. The topological polar surface area (TPSA) is 97.1 Å². The predicted molar refractivity (Wildman–Crippen MR) is 64.4 cm³/mol. The summed E-state index contributed by atoms with van der Waals surface area (Å²) in [6.45, 7) is 0.411. The Labute approximate surface area is 110 Å². The molecule has 1 amide bonds. The molecular weight excluding hydrogens is 248 g/mol. The minimum Gasteiger partial charge on any atom is -0.480 e. The summed E-state index contributed by atoms with van der Waals surface area (Å²) in [7, 11) is 0. The van der Waals surface area contributed by atoms with Crippen LogP contribution in [-0.4, -0.2) is 38.5 Å². The number of amides is 1. The molecule has 0 aromatic carbocycles. The molecule has 2 aliphatic carbocycles. The molecule has 7 heteroatoms. The van der Waals surface area contributed by atoms with E-state index in [2.05, 4.69) is 15.6 Å². The summed E-state index contributed by atoms with van der Waals surface area (Å²) in [5.74, 6) is -0.499. The van der Waals surface area contributed by atoms with Gasteiger partial charge in [-0.3, -0.25) is 9.59 Å². The highest BCUT2D eigenvalue weighted by molar-refractivity contribution is 5.91. The van der Waals surface area contributed by atoms with Crippen molar-refractivity contribution in [2.45, 2.75) is 32.2 Å². The average molecular weight is 264 g/mol. The Balaban J connectivity index is 1.55. The fourth-order valence-electron chi connectivity index (χ4n) is 2.55. The zero-order valence-electron chi connectivity index (χ0n) is 10.5. The quantitative estimate of drug-likeness (QED) is 0.769. The van der Waals surface area contributed by atoms with Crippen molar-refractivity contribution in [3.05, 3.63) is 11.9 Å². The number of carboxylic acids is 1. The van der Waals surface area contributed by atoms with Gasteiger partial charge >= 0.3 is 5.97 Å². The van der Waals surface area contributed by atoms with Crippen molar-refractivity contribution in [2.24, 2.45) is 11.3 Å². The van der Waals surface area contributed by atoms with Crippen LogP contribution in [0.1, 0.15) is 36.2 Å². The monoisotopic (exact) mass is 264 g/mol. The lowest BCUT2D eigenvalue weighted by Crippen LogP contribution is -2.31. The standard InChI is InChI=1S/C12H16N4O3/c17-10(18)6-16-5-9(14-15-16)11(19)13-7-12(3-4-12)8-1-2-8/h5,8H,1-4,6-7H2,(H,13,19)(H,17,18). The number of rotatable bonds is 6. The van der Waals surface area contributed by atoms with Crippen molar-refractivity contribution in [3.8, 4) is 0 Å². The molecule has 3 rings (SSSR count). The van der Waals surface area contributed by atoms with Crippen molar-refractivity contribution >= 4 is 11.9 Å². The first-order chi connectivity index (χ1) is 9.09. The Kier molecular flexibility index (Phi) is 2.76. The van der Waals surface area contributed by atoms with E-state index in [0.29, 0.717) is 12.0 Å². The molecule has 1 heterocycles. The van der Waals surface area contributed by atoms with Gasteiger partial charge in [0.25, 0.3) is 5.91 Å². The number of hydrogen-bond donors (Lipinski definition) is 2. The van der Waals surface area contributed by atoms with Crippen LogP contribution in [0.3, 0.4) is 0 Å². The van der Waals surface area contributed by atoms with Gasteiger partial charge in [0.15, 0.2) is 5.69 Å². The van der Waals surface area contributed by atoms with Gasteiger partial charge in [0.2, 0.25) is 0 Å². The Morgan fingerprint density at radius 2 is 2.21 bits per heavy atom. The number of carbonyl (C=O) groups excluding carboxylic acids is 1. The van der Waals surface area contributed by atoms with E-state index in [0.717, 1.165) is 10.6 Å². The summed E-state index contributed by atoms with van der Waals surface area (Å²) in [5, 5.41) is 18.8. The van der Waals surface area contributed by atoms with Crippen LogP contribution in [0.4, 0.5) is 0 Å². The number of nitrogens with zero attached hydrogens (tertiary/aromatic N) is 3. The molecule has 0 radical (unpaired) electrons. The molecule has 1 aromatic heterocycles. The molecule has 1 aromatic rings. The van der Waals surface area contributed by atoms with Crippen LogP contribution in [0.2, 0.25) is 0 Å². The molecule has 0 bridgehead atoms. The number of hydrogen-bond acceptors (Lipinski definition) is 4. The largest absolute Gasteiger partial charge is 0.480 e. The van der Waals surface area contributed by atoms with Crippen LogP contribution in [0.25, 0.3) is 0 Å². The SMILES string of the molecule is O=C(O)Cn1cc(C(=O)NCC2(C3CC3)CC2)nn1. The van der Waals surface area contributed by atoms with Crippen LogP contribution in [0.5, 0.6) is 0 Å². The molecular formula is C12H16N4O3. The summed E-state index contributed by atoms with van der Waals surface area (Å²) < 4.78 is 1.14. The van der Waals surface area contributed by atoms with Gasteiger partial charge in [-0.15, -0.1) is 5.10 Å². The number of nitrogens with one attached hydrogen (secondary N) is 1. The highest BCUT2D eigenvalue weighted by Crippen LogP contribution is 2.60. The maximum atomic E-state index is 11.9. The zero-order chi connectivity index (χ0) is 13.5. The summed E-state index contributed by atoms with van der Waals surface area (Å²) in [6.07, 6.45) is 6.32. The first kappa shape index (κ1) is 12.1. The molecule has 7 nitrogen and oxygen atoms in total. The smallest absolute Gasteiger partial charge is 0.325 e. The summed E-state index contributed by atoms with van der Waals surface area (Å²) in [5.41, 5.74) is 0.514. The molecule has 19 heavy (non-hydrogen) atoms. The van der Waals surface area contributed by atoms with E-state index in [1.54, 1.807) is 0 Å². The van der Waals surface area contributed by atoms with E-state index >= 15 is 0 Å². The van der Waals surface area contributed by atoms with Gasteiger partial charge < -0.3 is 10.4 Å². The van der Waals surface area contributed by atoms with Crippen molar-refractivity contribution in [2.75, 3.05) is 6.54 Å². The van der Waals surface area contributed by atoms with Gasteiger partial charge in [-0.1, -0.05) is 5.21 Å². The lowest BCUT2D eigenvalue weighted by molar-refractivity contribution is -0.137. The van der Waals surface area contributed by atoms with Crippen LogP contribution < -0.4 is 5.32 Å². The van der Waals surface area contributed by atoms with E-state index in [4.69, 9.17) is 5.11 Å². The minimum atomic E-state index is -1.01. The van der Waals surface area contributed by atoms with Gasteiger partial charge in [0, 0.05) is 6.54 Å². The van der Waals surface area contributed by atoms with Crippen LogP contribution in [-0.2, 0) is 11.3 Å². The maximum Gasteiger partial charge on any atom is 0.325 e. The molecule has 102 valence electrons. The first-order valence-corrected chi connectivity index (χ1v) is 6.49. The molecule has 2 saturated carbocycles. The third-order valence-electron chi connectivity index (χ3n) is 4.01. The Morgan fingerprint density at radius 3 is 2.79 bits per heavy atom. The maximum absolute atomic E-state index is 11.9. The average Bonchev–Trinajstić information content (AvgIpc) is 3.24. The van der Waals surface area contributed by atoms with E-state index in [9.17, 15) is 9.59 Å². The second kappa shape index (κ2) is 4.32. The fourth-order valence-corrected chi connectivity index (χ4v) is 2.55. The van der Waals surface area contributed by atoms with E-state index in [-0.39, 0.29) is 18.1 Å². The molecule has 0 unspecified atom stereocenters. The number of carbonyl (C=O) groups is 2. The summed E-state index contributed by atoms with van der Waals surface area (Å²) >= 11 is 0. The van der Waals surface area contributed by atoms with Crippen LogP contribution in [0.15, 0.2) is 6.20 Å². The van der Waals surface area contributed by atoms with Gasteiger partial charge in [-0.05, 0) is 37.0 Å². The summed E-state index contributed by atoms with van der Waals surface area (Å²) in [6, 6.07) is 0. The predicted octanol–water partition coefficient (Wildman–Crippen LogP) is 0.283. The molecule has 0 spiro atoms. The second-order valence-corrected chi connectivity index (χ2v) is 5.51. The normalized spacial score (nSPS) is 20.0. The number of aliphatic carboxylic acids is 1. The van der Waals surface area contributed by atoms with Gasteiger partial charge in [0.1, 0.15) is 6.54 Å².